The van der Waals surface area contributed by atoms with Crippen molar-refractivity contribution in [2.75, 3.05) is 17.5 Å². The Morgan fingerprint density at radius 1 is 1.24 bits per heavy atom. The van der Waals surface area contributed by atoms with Crippen molar-refractivity contribution in [3.63, 3.8) is 0 Å². The van der Waals surface area contributed by atoms with Crippen LogP contribution in [0.25, 0.3) is 12.2 Å². The lowest BCUT2D eigenvalue weighted by Gasteiger charge is -2.35. The molecule has 1 aliphatic heterocycles. The lowest BCUT2D eigenvalue weighted by atomic mass is 10.0. The summed E-state index contributed by atoms with van der Waals surface area (Å²) in [6, 6.07) is 7.97. The fourth-order valence-corrected chi connectivity index (χ4v) is 6.12. The maximum Gasteiger partial charge on any atom is 0.417 e. The highest BCUT2D eigenvalue weighted by Crippen LogP contribution is 2.41. The maximum atomic E-state index is 14.0. The molecule has 2 heterocycles. The summed E-state index contributed by atoms with van der Waals surface area (Å²) in [5.41, 5.74) is -0.647. The quantitative estimate of drug-likeness (QED) is 0.281. The van der Waals surface area contributed by atoms with Gasteiger partial charge in [-0.2, -0.15) is 13.2 Å². The van der Waals surface area contributed by atoms with Gasteiger partial charge in [0.1, 0.15) is 11.9 Å². The number of carboxylic acid groups (broad SMARTS) is 1. The van der Waals surface area contributed by atoms with Crippen LogP contribution in [0.2, 0.25) is 5.02 Å². The van der Waals surface area contributed by atoms with Crippen LogP contribution in [0.1, 0.15) is 43.4 Å². The molecule has 1 aliphatic rings. The number of sulfonamides is 1. The van der Waals surface area contributed by atoms with Crippen molar-refractivity contribution in [3.8, 4) is 11.6 Å². The molecule has 4 rings (SSSR count). The number of aromatic nitrogens is 2. The van der Waals surface area contributed by atoms with Crippen molar-refractivity contribution >= 4 is 45.4 Å². The van der Waals surface area contributed by atoms with E-state index in [4.69, 9.17) is 26.2 Å². The summed E-state index contributed by atoms with van der Waals surface area (Å²) in [7, 11) is -4.30. The van der Waals surface area contributed by atoms with E-state index >= 15 is 0 Å². The van der Waals surface area contributed by atoms with Crippen LogP contribution < -0.4 is 13.8 Å². The van der Waals surface area contributed by atoms with Gasteiger partial charge in [0.05, 0.1) is 24.4 Å². The van der Waals surface area contributed by atoms with Gasteiger partial charge in [-0.1, -0.05) is 35.9 Å². The minimum Gasteiger partial charge on any atom is -0.486 e. The first-order chi connectivity index (χ1) is 19.3. The third-order valence-corrected chi connectivity index (χ3v) is 8.36. The first-order valence-corrected chi connectivity index (χ1v) is 14.5. The van der Waals surface area contributed by atoms with Crippen molar-refractivity contribution in [1.29, 1.82) is 0 Å². The SMILES string of the molecule is CCOc1nn(CC)cc1S(=O)(=O)N1CC(CCC(=O)O)Oc2ccc(C=Cc3c(Cl)cccc3C(F)(F)F)cc21. The van der Waals surface area contributed by atoms with E-state index in [0.717, 1.165) is 10.4 Å². The van der Waals surface area contributed by atoms with Gasteiger partial charge in [0, 0.05) is 29.7 Å². The van der Waals surface area contributed by atoms with Gasteiger partial charge in [-0.05, 0) is 50.1 Å². The number of carboxylic acids is 1. The molecule has 0 amide bonds. The molecule has 0 fully saturated rings. The second kappa shape index (κ2) is 12.0. The average molecular weight is 614 g/mol. The smallest absolute Gasteiger partial charge is 0.417 e. The van der Waals surface area contributed by atoms with E-state index in [2.05, 4.69) is 5.10 Å². The van der Waals surface area contributed by atoms with Crippen molar-refractivity contribution in [1.82, 2.24) is 9.78 Å². The topological polar surface area (TPSA) is 111 Å². The van der Waals surface area contributed by atoms with Crippen molar-refractivity contribution in [2.24, 2.45) is 0 Å². The van der Waals surface area contributed by atoms with Crippen molar-refractivity contribution < 1.29 is 41.0 Å². The Morgan fingerprint density at radius 2 is 2.00 bits per heavy atom. The number of aryl methyl sites for hydroxylation is 1. The summed E-state index contributed by atoms with van der Waals surface area (Å²) in [6.07, 6.45) is -1.66. The largest absolute Gasteiger partial charge is 0.486 e. The Kier molecular flexibility index (Phi) is 8.88. The first-order valence-electron chi connectivity index (χ1n) is 12.6. The van der Waals surface area contributed by atoms with Crippen LogP contribution in [-0.2, 0) is 27.5 Å². The van der Waals surface area contributed by atoms with Gasteiger partial charge < -0.3 is 14.6 Å². The van der Waals surface area contributed by atoms with E-state index in [1.54, 1.807) is 19.9 Å². The average Bonchev–Trinajstić information content (AvgIpc) is 3.34. The third-order valence-electron chi connectivity index (χ3n) is 6.27. The standard InChI is InChI=1S/C27H27ClF3N3O6S/c1-3-33-16-24(26(32-33)39-4-2)41(37,38)34-15-18(10-13-25(35)36)40-23-12-9-17(14-22(23)34)8-11-19-20(27(29,30)31)6-5-7-21(19)28/h5-9,11-12,14,16,18H,3-4,10,13,15H2,1-2H3,(H,35,36). The third kappa shape index (κ3) is 6.62. The van der Waals surface area contributed by atoms with Crippen LogP contribution in [-0.4, -0.2) is 48.5 Å². The van der Waals surface area contributed by atoms with Crippen LogP contribution >= 0.6 is 11.6 Å². The normalized spacial score (nSPS) is 15.6. The van der Waals surface area contributed by atoms with Gasteiger partial charge in [-0.25, -0.2) is 8.42 Å². The van der Waals surface area contributed by atoms with Crippen molar-refractivity contribution in [3.05, 3.63) is 64.3 Å². The Balaban J connectivity index is 1.79. The zero-order valence-corrected chi connectivity index (χ0v) is 23.6. The highest BCUT2D eigenvalue weighted by molar-refractivity contribution is 7.93. The molecule has 41 heavy (non-hydrogen) atoms. The highest BCUT2D eigenvalue weighted by Gasteiger charge is 2.38. The molecule has 0 spiro atoms. The maximum absolute atomic E-state index is 14.0. The van der Waals surface area contributed by atoms with Crippen LogP contribution in [0.3, 0.4) is 0 Å². The molecule has 0 saturated heterocycles. The number of carbonyl (C=O) groups is 1. The summed E-state index contributed by atoms with van der Waals surface area (Å²) in [5.74, 6) is -0.976. The molecule has 0 radical (unpaired) electrons. The lowest BCUT2D eigenvalue weighted by molar-refractivity contribution is -0.138. The summed E-state index contributed by atoms with van der Waals surface area (Å²) >= 11 is 6.07. The van der Waals surface area contributed by atoms with E-state index in [1.807, 2.05) is 0 Å². The van der Waals surface area contributed by atoms with Crippen LogP contribution in [0.15, 0.2) is 47.5 Å². The molecular weight excluding hydrogens is 587 g/mol. The highest BCUT2D eigenvalue weighted by atomic mass is 35.5. The monoisotopic (exact) mass is 613 g/mol. The Hall–Kier alpha value is -3.71. The Morgan fingerprint density at radius 3 is 2.66 bits per heavy atom. The van der Waals surface area contributed by atoms with Gasteiger partial charge >= 0.3 is 12.1 Å². The fraction of sp³-hybridized carbons (Fsp3) is 0.333. The molecule has 0 bridgehead atoms. The Labute approximate surface area is 239 Å². The predicted molar refractivity (Wildman–Crippen MR) is 147 cm³/mol. The number of nitrogens with zero attached hydrogens (tertiary/aromatic N) is 3. The molecule has 220 valence electrons. The van der Waals surface area contributed by atoms with Gasteiger partial charge in [0.15, 0.2) is 4.90 Å². The summed E-state index contributed by atoms with van der Waals surface area (Å²) in [5, 5.41) is 13.2. The number of hydrogen-bond donors (Lipinski definition) is 1. The van der Waals surface area contributed by atoms with E-state index in [1.165, 1.54) is 47.3 Å². The molecule has 1 aromatic heterocycles. The molecule has 1 unspecified atom stereocenters. The number of fused-ring (bicyclic) bond motifs is 1. The zero-order chi connectivity index (χ0) is 29.9. The number of ether oxygens (including phenoxy) is 2. The number of anilines is 1. The Bertz CT molecular complexity index is 1570. The van der Waals surface area contributed by atoms with E-state index in [-0.39, 0.29) is 58.8 Å². The number of rotatable bonds is 10. The molecular formula is C27H27ClF3N3O6S. The van der Waals surface area contributed by atoms with E-state index in [0.29, 0.717) is 12.1 Å². The molecule has 2 aromatic carbocycles. The number of alkyl halides is 3. The summed E-state index contributed by atoms with van der Waals surface area (Å²) in [4.78, 5) is 11.0. The minimum atomic E-state index is -4.63. The summed E-state index contributed by atoms with van der Waals surface area (Å²) < 4.78 is 82.6. The predicted octanol–water partition coefficient (Wildman–Crippen LogP) is 5.97. The first kappa shape index (κ1) is 30.3. The van der Waals surface area contributed by atoms with Crippen LogP contribution in [0.5, 0.6) is 11.6 Å². The molecule has 9 nitrogen and oxygen atoms in total. The lowest BCUT2D eigenvalue weighted by Crippen LogP contribution is -2.43. The summed E-state index contributed by atoms with van der Waals surface area (Å²) in [6.45, 7) is 3.82. The van der Waals surface area contributed by atoms with Gasteiger partial charge in [0.2, 0.25) is 0 Å². The number of hydrogen-bond acceptors (Lipinski definition) is 6. The molecule has 14 heteroatoms. The number of halogens is 4. The molecule has 1 N–H and O–H groups in total. The van der Waals surface area contributed by atoms with Crippen LogP contribution in [0, 0.1) is 0 Å². The zero-order valence-electron chi connectivity index (χ0n) is 22.1. The molecule has 0 saturated carbocycles. The van der Waals surface area contributed by atoms with Gasteiger partial charge in [-0.15, -0.1) is 5.10 Å². The van der Waals surface area contributed by atoms with Crippen LogP contribution in [0.4, 0.5) is 18.9 Å². The fourth-order valence-electron chi connectivity index (χ4n) is 4.31. The number of benzene rings is 2. The second-order valence-electron chi connectivity index (χ2n) is 9.05. The molecule has 1 atom stereocenters. The van der Waals surface area contributed by atoms with E-state index in [9.17, 15) is 26.4 Å². The van der Waals surface area contributed by atoms with Crippen molar-refractivity contribution in [2.45, 2.75) is 50.4 Å². The molecule has 3 aromatic rings. The van der Waals surface area contributed by atoms with Gasteiger partial charge in [-0.3, -0.25) is 13.8 Å². The minimum absolute atomic E-state index is 0.0434. The number of aliphatic carboxylic acids is 1. The van der Waals surface area contributed by atoms with E-state index < -0.39 is 33.8 Å². The second-order valence-corrected chi connectivity index (χ2v) is 11.3. The molecule has 0 aliphatic carbocycles. The van der Waals surface area contributed by atoms with Gasteiger partial charge in [0.25, 0.3) is 15.9 Å².